The lowest BCUT2D eigenvalue weighted by atomic mass is 10.2. The van der Waals surface area contributed by atoms with Crippen molar-refractivity contribution in [3.63, 3.8) is 0 Å². The number of nitrogens with one attached hydrogen (secondary N) is 2. The van der Waals surface area contributed by atoms with Crippen LogP contribution in [0.4, 0.5) is 4.39 Å². The number of hydrogen-bond acceptors (Lipinski definition) is 3. The second-order valence-electron chi connectivity index (χ2n) is 4.80. The molecule has 0 saturated carbocycles. The molecule has 2 N–H and O–H groups in total. The average Bonchev–Trinajstić information content (AvgIpc) is 2.93. The highest BCUT2D eigenvalue weighted by molar-refractivity contribution is 5.95. The molecule has 0 saturated heterocycles. The Labute approximate surface area is 127 Å². The lowest BCUT2D eigenvalue weighted by molar-refractivity contribution is -0.121. The number of carbonyl (C=O) groups is 2. The van der Waals surface area contributed by atoms with Crippen molar-refractivity contribution >= 4 is 11.8 Å². The molecule has 0 aliphatic carbocycles. The number of halogens is 1. The van der Waals surface area contributed by atoms with Gasteiger partial charge >= 0.3 is 0 Å². The van der Waals surface area contributed by atoms with Gasteiger partial charge in [0.15, 0.2) is 0 Å². The van der Waals surface area contributed by atoms with Crippen molar-refractivity contribution < 1.29 is 18.4 Å². The minimum absolute atomic E-state index is 0.170. The van der Waals surface area contributed by atoms with Crippen molar-refractivity contribution in [3.05, 3.63) is 59.3 Å². The van der Waals surface area contributed by atoms with Crippen LogP contribution in [0.25, 0.3) is 0 Å². The number of carbonyl (C=O) groups excluding carboxylic acids is 2. The molecule has 0 aliphatic heterocycles. The minimum Gasteiger partial charge on any atom is -0.469 e. The zero-order valence-corrected chi connectivity index (χ0v) is 12.2. The van der Waals surface area contributed by atoms with Crippen molar-refractivity contribution in [2.45, 2.75) is 19.9 Å². The van der Waals surface area contributed by atoms with Gasteiger partial charge in [0.25, 0.3) is 5.91 Å². The Morgan fingerprint density at radius 2 is 1.86 bits per heavy atom. The van der Waals surface area contributed by atoms with Crippen molar-refractivity contribution in [2.75, 3.05) is 6.54 Å². The summed E-state index contributed by atoms with van der Waals surface area (Å²) in [5.41, 5.74) is 1.28. The Kier molecular flexibility index (Phi) is 5.30. The number of aryl methyl sites for hydroxylation is 1. The largest absolute Gasteiger partial charge is 0.469 e. The van der Waals surface area contributed by atoms with E-state index in [1.165, 1.54) is 18.4 Å². The van der Waals surface area contributed by atoms with Crippen LogP contribution in [0.15, 0.2) is 41.0 Å². The molecule has 0 fully saturated rings. The Hall–Kier alpha value is -2.63. The van der Waals surface area contributed by atoms with Crippen LogP contribution in [0.2, 0.25) is 0 Å². The summed E-state index contributed by atoms with van der Waals surface area (Å²) in [7, 11) is 0. The highest BCUT2D eigenvalue weighted by atomic mass is 19.1. The Morgan fingerprint density at radius 1 is 1.14 bits per heavy atom. The van der Waals surface area contributed by atoms with Gasteiger partial charge in [0, 0.05) is 19.5 Å². The van der Waals surface area contributed by atoms with Crippen LogP contribution in [0, 0.1) is 12.7 Å². The summed E-state index contributed by atoms with van der Waals surface area (Å²) in [5.74, 6) is -0.225. The number of hydrogen-bond donors (Lipinski definition) is 2. The number of amides is 2. The molecule has 0 unspecified atom stereocenters. The van der Waals surface area contributed by atoms with Gasteiger partial charge in [-0.15, -0.1) is 0 Å². The monoisotopic (exact) mass is 304 g/mol. The van der Waals surface area contributed by atoms with E-state index in [0.717, 1.165) is 5.56 Å². The topological polar surface area (TPSA) is 71.3 Å². The lowest BCUT2D eigenvalue weighted by Gasteiger charge is -2.06. The molecule has 22 heavy (non-hydrogen) atoms. The first-order chi connectivity index (χ1) is 10.6. The molecule has 2 rings (SSSR count). The first kappa shape index (κ1) is 15.8. The standard InChI is InChI=1S/C16H17FN2O3/c1-11-14(7-9-22-11)16(21)18-8-6-15(20)19-10-12-2-4-13(17)5-3-12/h2-5,7,9H,6,8,10H2,1H3,(H,18,21)(H,19,20). The van der Waals surface area contributed by atoms with E-state index in [1.807, 2.05) is 0 Å². The molecular formula is C16H17FN2O3. The van der Waals surface area contributed by atoms with Gasteiger partial charge in [-0.3, -0.25) is 9.59 Å². The van der Waals surface area contributed by atoms with Gasteiger partial charge < -0.3 is 15.1 Å². The molecule has 6 heteroatoms. The quantitative estimate of drug-likeness (QED) is 0.859. The van der Waals surface area contributed by atoms with Gasteiger partial charge in [0.1, 0.15) is 11.6 Å². The summed E-state index contributed by atoms with van der Waals surface area (Å²) in [6, 6.07) is 7.49. The Bertz CT molecular complexity index is 650. The first-order valence-electron chi connectivity index (χ1n) is 6.89. The molecule has 0 aliphatic rings. The summed E-state index contributed by atoms with van der Waals surface area (Å²) in [6.45, 7) is 2.26. The van der Waals surface area contributed by atoms with Crippen LogP contribution in [0.5, 0.6) is 0 Å². The molecule has 0 bridgehead atoms. The second-order valence-corrected chi connectivity index (χ2v) is 4.80. The maximum Gasteiger partial charge on any atom is 0.254 e. The molecule has 116 valence electrons. The molecule has 0 radical (unpaired) electrons. The van der Waals surface area contributed by atoms with E-state index in [4.69, 9.17) is 4.42 Å². The van der Waals surface area contributed by atoms with E-state index in [0.29, 0.717) is 17.9 Å². The molecule has 2 amide bonds. The summed E-state index contributed by atoms with van der Waals surface area (Å²) in [4.78, 5) is 23.4. The van der Waals surface area contributed by atoms with Crippen molar-refractivity contribution in [1.82, 2.24) is 10.6 Å². The fraction of sp³-hybridized carbons (Fsp3) is 0.250. The van der Waals surface area contributed by atoms with Crippen molar-refractivity contribution in [2.24, 2.45) is 0 Å². The van der Waals surface area contributed by atoms with E-state index < -0.39 is 0 Å². The highest BCUT2D eigenvalue weighted by Gasteiger charge is 2.11. The summed E-state index contributed by atoms with van der Waals surface area (Å²) >= 11 is 0. The van der Waals surface area contributed by atoms with E-state index in [9.17, 15) is 14.0 Å². The molecule has 2 aromatic rings. The van der Waals surface area contributed by atoms with Crippen LogP contribution in [-0.2, 0) is 11.3 Å². The molecule has 0 spiro atoms. The maximum atomic E-state index is 12.7. The van der Waals surface area contributed by atoms with E-state index in [2.05, 4.69) is 10.6 Å². The minimum atomic E-state index is -0.313. The maximum absolute atomic E-state index is 12.7. The normalized spacial score (nSPS) is 10.3. The van der Waals surface area contributed by atoms with Crippen LogP contribution in [0.1, 0.15) is 28.1 Å². The first-order valence-corrected chi connectivity index (χ1v) is 6.89. The zero-order valence-electron chi connectivity index (χ0n) is 12.2. The molecule has 5 nitrogen and oxygen atoms in total. The third kappa shape index (κ3) is 4.44. The predicted octanol–water partition coefficient (Wildman–Crippen LogP) is 2.16. The highest BCUT2D eigenvalue weighted by Crippen LogP contribution is 2.08. The molecule has 1 heterocycles. The fourth-order valence-corrected chi connectivity index (χ4v) is 1.90. The zero-order chi connectivity index (χ0) is 15.9. The second kappa shape index (κ2) is 7.40. The predicted molar refractivity (Wildman–Crippen MR) is 78.6 cm³/mol. The van der Waals surface area contributed by atoms with Gasteiger partial charge in [0.2, 0.25) is 5.91 Å². The number of furan rings is 1. The summed E-state index contributed by atoms with van der Waals surface area (Å²) in [5, 5.41) is 5.36. The SMILES string of the molecule is Cc1occc1C(=O)NCCC(=O)NCc1ccc(F)cc1. The Morgan fingerprint density at radius 3 is 2.50 bits per heavy atom. The van der Waals surface area contributed by atoms with Gasteiger partial charge in [-0.2, -0.15) is 0 Å². The van der Waals surface area contributed by atoms with Gasteiger partial charge in [-0.25, -0.2) is 4.39 Å². The summed E-state index contributed by atoms with van der Waals surface area (Å²) in [6.07, 6.45) is 1.61. The Balaban J connectivity index is 1.68. The van der Waals surface area contributed by atoms with Crippen LogP contribution >= 0.6 is 0 Å². The molecule has 0 atom stereocenters. The molecular weight excluding hydrogens is 287 g/mol. The average molecular weight is 304 g/mol. The van der Waals surface area contributed by atoms with Crippen LogP contribution in [0.3, 0.4) is 0 Å². The number of rotatable bonds is 6. The molecule has 1 aromatic heterocycles. The van der Waals surface area contributed by atoms with Crippen molar-refractivity contribution in [3.8, 4) is 0 Å². The van der Waals surface area contributed by atoms with Crippen LogP contribution < -0.4 is 10.6 Å². The molecule has 1 aromatic carbocycles. The van der Waals surface area contributed by atoms with Crippen LogP contribution in [-0.4, -0.2) is 18.4 Å². The fourth-order valence-electron chi connectivity index (χ4n) is 1.90. The number of benzene rings is 1. The van der Waals surface area contributed by atoms with E-state index in [-0.39, 0.29) is 30.6 Å². The smallest absolute Gasteiger partial charge is 0.254 e. The van der Waals surface area contributed by atoms with E-state index >= 15 is 0 Å². The van der Waals surface area contributed by atoms with Gasteiger partial charge in [0.05, 0.1) is 11.8 Å². The lowest BCUT2D eigenvalue weighted by Crippen LogP contribution is -2.30. The van der Waals surface area contributed by atoms with Crippen molar-refractivity contribution in [1.29, 1.82) is 0 Å². The third-order valence-corrected chi connectivity index (χ3v) is 3.14. The van der Waals surface area contributed by atoms with Gasteiger partial charge in [-0.1, -0.05) is 12.1 Å². The van der Waals surface area contributed by atoms with E-state index in [1.54, 1.807) is 25.1 Å². The van der Waals surface area contributed by atoms with Gasteiger partial charge in [-0.05, 0) is 30.7 Å². The summed E-state index contributed by atoms with van der Waals surface area (Å²) < 4.78 is 17.8. The third-order valence-electron chi connectivity index (χ3n) is 3.14.